The second-order valence-electron chi connectivity index (χ2n) is 7.93. The van der Waals surface area contributed by atoms with E-state index in [1.54, 1.807) is 36.4 Å². The van der Waals surface area contributed by atoms with Crippen LogP contribution in [0.3, 0.4) is 0 Å². The first-order valence-electron chi connectivity index (χ1n) is 11.0. The highest BCUT2D eigenvalue weighted by Crippen LogP contribution is 2.22. The van der Waals surface area contributed by atoms with Crippen LogP contribution in [0.25, 0.3) is 0 Å². The second kappa shape index (κ2) is 11.4. The quantitative estimate of drug-likeness (QED) is 0.231. The fraction of sp³-hybridized carbons (Fsp3) is 0.0769. The summed E-state index contributed by atoms with van der Waals surface area (Å²) in [5.41, 5.74) is 4.16. The van der Waals surface area contributed by atoms with Crippen molar-refractivity contribution in [2.75, 3.05) is 10.2 Å². The summed E-state index contributed by atoms with van der Waals surface area (Å²) in [6.07, 6.45) is 1.18. The summed E-state index contributed by atoms with van der Waals surface area (Å²) in [5.74, 6) is -3.85. The van der Waals surface area contributed by atoms with Crippen molar-refractivity contribution in [2.24, 2.45) is 11.0 Å². The zero-order valence-electron chi connectivity index (χ0n) is 19.2. The molecule has 1 heterocycles. The Morgan fingerprint density at radius 1 is 0.946 bits per heavy atom. The first kappa shape index (κ1) is 25.5. The molecule has 0 aromatic heterocycles. The average molecular weight is 562 g/mol. The van der Waals surface area contributed by atoms with Gasteiger partial charge in [-0.25, -0.2) is 15.1 Å². The van der Waals surface area contributed by atoms with Crippen molar-refractivity contribution in [1.29, 1.82) is 0 Å². The molecular weight excluding hydrogens is 542 g/mol. The molecule has 1 atom stereocenters. The molecule has 11 heteroatoms. The minimum atomic E-state index is -1.41. The van der Waals surface area contributed by atoms with Crippen molar-refractivity contribution in [2.45, 2.75) is 6.42 Å². The number of halogens is 1. The first-order valence-corrected chi connectivity index (χ1v) is 11.8. The van der Waals surface area contributed by atoms with E-state index in [-0.39, 0.29) is 23.6 Å². The number of urea groups is 1. The van der Waals surface area contributed by atoms with Crippen molar-refractivity contribution in [1.82, 2.24) is 10.7 Å². The summed E-state index contributed by atoms with van der Waals surface area (Å²) in [7, 11) is 0. The van der Waals surface area contributed by atoms with Gasteiger partial charge in [-0.3, -0.25) is 24.5 Å². The minimum Gasteiger partial charge on any atom is -0.326 e. The number of nitrogens with zero attached hydrogens (tertiary/aromatic N) is 2. The number of hydrogen-bond acceptors (Lipinski definition) is 6. The molecule has 0 aliphatic carbocycles. The number of anilines is 2. The number of carbonyl (C=O) groups excluding carboxylic acids is 5. The minimum absolute atomic E-state index is 0.195. The molecule has 3 N–H and O–H groups in total. The number of rotatable bonds is 7. The summed E-state index contributed by atoms with van der Waals surface area (Å²) in [6.45, 7) is 0. The van der Waals surface area contributed by atoms with Crippen LogP contribution in [0.1, 0.15) is 15.9 Å². The topological polar surface area (TPSA) is 137 Å². The number of amides is 6. The van der Waals surface area contributed by atoms with E-state index in [0.29, 0.717) is 5.69 Å². The van der Waals surface area contributed by atoms with E-state index in [1.807, 2.05) is 30.3 Å². The van der Waals surface area contributed by atoms with Gasteiger partial charge in [0.25, 0.3) is 11.8 Å². The molecule has 1 aliphatic heterocycles. The van der Waals surface area contributed by atoms with Crippen molar-refractivity contribution >= 4 is 63.2 Å². The summed E-state index contributed by atoms with van der Waals surface area (Å²) >= 11 is 3.28. The molecule has 10 nitrogen and oxygen atoms in total. The maximum absolute atomic E-state index is 12.8. The lowest BCUT2D eigenvalue weighted by Crippen LogP contribution is -2.58. The highest BCUT2D eigenvalue weighted by atomic mass is 79.9. The molecule has 3 aromatic carbocycles. The number of benzene rings is 3. The number of carbonyl (C=O) groups is 5. The lowest BCUT2D eigenvalue weighted by molar-refractivity contribution is -0.131. The Hall–Kier alpha value is -4.64. The molecular formula is C26H20BrN5O5. The lowest BCUT2D eigenvalue weighted by atomic mass is 10.1. The van der Waals surface area contributed by atoms with Gasteiger partial charge in [0.15, 0.2) is 5.92 Å². The highest BCUT2D eigenvalue weighted by molar-refractivity contribution is 9.10. The molecule has 0 saturated carbocycles. The molecule has 0 unspecified atom stereocenters. The van der Waals surface area contributed by atoms with E-state index in [9.17, 15) is 24.0 Å². The number of hydrogen-bond donors (Lipinski definition) is 3. The van der Waals surface area contributed by atoms with Crippen LogP contribution in [-0.4, -0.2) is 35.9 Å². The van der Waals surface area contributed by atoms with Gasteiger partial charge >= 0.3 is 6.03 Å². The number of barbiturate groups is 1. The van der Waals surface area contributed by atoms with Gasteiger partial charge in [-0.15, -0.1) is 0 Å². The van der Waals surface area contributed by atoms with Crippen molar-refractivity contribution < 1.29 is 24.0 Å². The molecule has 186 valence electrons. The van der Waals surface area contributed by atoms with Crippen LogP contribution >= 0.6 is 15.9 Å². The Bertz CT molecular complexity index is 1370. The summed E-state index contributed by atoms with van der Waals surface area (Å²) in [6, 6.07) is 20.9. The number of imide groups is 2. The molecule has 0 spiro atoms. The van der Waals surface area contributed by atoms with Gasteiger partial charge in [-0.1, -0.05) is 46.3 Å². The van der Waals surface area contributed by atoms with Crippen LogP contribution in [0.4, 0.5) is 16.2 Å². The molecule has 1 saturated heterocycles. The van der Waals surface area contributed by atoms with E-state index < -0.39 is 29.7 Å². The number of nitrogens with one attached hydrogen (secondary N) is 3. The van der Waals surface area contributed by atoms with Gasteiger partial charge in [0.1, 0.15) is 0 Å². The Morgan fingerprint density at radius 2 is 1.62 bits per heavy atom. The fourth-order valence-corrected chi connectivity index (χ4v) is 3.75. The largest absolute Gasteiger partial charge is 0.335 e. The van der Waals surface area contributed by atoms with E-state index in [1.165, 1.54) is 12.1 Å². The fourth-order valence-electron chi connectivity index (χ4n) is 3.48. The monoisotopic (exact) mass is 561 g/mol. The van der Waals surface area contributed by atoms with Crippen molar-refractivity contribution in [3.8, 4) is 0 Å². The van der Waals surface area contributed by atoms with E-state index in [0.717, 1.165) is 21.2 Å². The highest BCUT2D eigenvalue weighted by Gasteiger charge is 2.40. The van der Waals surface area contributed by atoms with Crippen LogP contribution in [0.2, 0.25) is 0 Å². The smallest absolute Gasteiger partial charge is 0.326 e. The van der Waals surface area contributed by atoms with E-state index >= 15 is 0 Å². The van der Waals surface area contributed by atoms with Gasteiger partial charge in [-0.05, 0) is 54.1 Å². The predicted molar refractivity (Wildman–Crippen MR) is 140 cm³/mol. The maximum atomic E-state index is 12.8. The third kappa shape index (κ3) is 6.33. The molecule has 0 radical (unpaired) electrons. The second-order valence-corrected chi connectivity index (χ2v) is 8.84. The van der Waals surface area contributed by atoms with Gasteiger partial charge in [0, 0.05) is 21.9 Å². The summed E-state index contributed by atoms with van der Waals surface area (Å²) in [4.78, 5) is 62.7. The van der Waals surface area contributed by atoms with E-state index in [2.05, 4.69) is 37.1 Å². The van der Waals surface area contributed by atoms with Crippen molar-refractivity contribution in [3.05, 3.63) is 94.5 Å². The predicted octanol–water partition coefficient (Wildman–Crippen LogP) is 3.25. The molecule has 0 bridgehead atoms. The SMILES string of the molecule is O=C(Cc1ccccc1)Nc1ccc(C(=O)N/N=C\[C@H]2C(=O)NC(=O)N(c3ccc(Br)cc3)C2=O)cc1. The lowest BCUT2D eigenvalue weighted by Gasteiger charge is -2.28. The molecule has 4 rings (SSSR count). The third-order valence-corrected chi connectivity index (χ3v) is 5.84. The van der Waals surface area contributed by atoms with Crippen LogP contribution in [0.5, 0.6) is 0 Å². The van der Waals surface area contributed by atoms with Crippen LogP contribution in [0, 0.1) is 5.92 Å². The first-order chi connectivity index (χ1) is 17.8. The summed E-state index contributed by atoms with van der Waals surface area (Å²) in [5, 5.41) is 8.60. The summed E-state index contributed by atoms with van der Waals surface area (Å²) < 4.78 is 0.751. The Labute approximate surface area is 219 Å². The van der Waals surface area contributed by atoms with E-state index in [4.69, 9.17) is 0 Å². The molecule has 1 fully saturated rings. The van der Waals surface area contributed by atoms with Crippen LogP contribution in [-0.2, 0) is 20.8 Å². The van der Waals surface area contributed by atoms with Gasteiger partial charge in [0.05, 0.1) is 12.1 Å². The van der Waals surface area contributed by atoms with Crippen LogP contribution in [0.15, 0.2) is 88.4 Å². The molecule has 3 aromatic rings. The van der Waals surface area contributed by atoms with Crippen molar-refractivity contribution in [3.63, 3.8) is 0 Å². The zero-order valence-corrected chi connectivity index (χ0v) is 20.8. The molecule has 37 heavy (non-hydrogen) atoms. The Kier molecular flexibility index (Phi) is 7.84. The zero-order chi connectivity index (χ0) is 26.4. The standard InChI is InChI=1S/C26H20BrN5O5/c27-18-8-12-20(13-9-18)32-25(36)21(24(35)30-26(32)37)15-28-31-23(34)17-6-10-19(11-7-17)29-22(33)14-16-4-2-1-3-5-16/h1-13,15,21H,14H2,(H,29,33)(H,31,34)(H,30,35,37)/b28-15-/t21-/m0/s1. The van der Waals surface area contributed by atoms with Gasteiger partial charge in [-0.2, -0.15) is 5.10 Å². The van der Waals surface area contributed by atoms with Gasteiger partial charge in [0.2, 0.25) is 11.8 Å². The Morgan fingerprint density at radius 3 is 2.30 bits per heavy atom. The van der Waals surface area contributed by atoms with Crippen LogP contribution < -0.4 is 21.0 Å². The Balaban J connectivity index is 1.35. The normalized spacial score (nSPS) is 15.4. The molecule has 6 amide bonds. The molecule has 1 aliphatic rings. The van der Waals surface area contributed by atoms with Gasteiger partial charge < -0.3 is 5.32 Å². The maximum Gasteiger partial charge on any atom is 0.335 e. The number of hydrazone groups is 1. The third-order valence-electron chi connectivity index (χ3n) is 5.32. The average Bonchev–Trinajstić information content (AvgIpc) is 2.88.